The van der Waals surface area contributed by atoms with Crippen LogP contribution >= 0.6 is 0 Å². The van der Waals surface area contributed by atoms with Gasteiger partial charge in [-0.3, -0.25) is 9.59 Å². The Kier molecular flexibility index (Phi) is 3.61. The number of carboxylic acid groups (broad SMARTS) is 1. The highest BCUT2D eigenvalue weighted by atomic mass is 16.4. The van der Waals surface area contributed by atoms with Crippen molar-refractivity contribution in [2.45, 2.75) is 46.6 Å². The largest absolute Gasteiger partial charge is 0.481 e. The molecular formula is C12H21NO3. The Morgan fingerprint density at radius 3 is 2.12 bits per heavy atom. The van der Waals surface area contributed by atoms with Gasteiger partial charge in [0.25, 0.3) is 0 Å². The van der Waals surface area contributed by atoms with Crippen LogP contribution in [0.15, 0.2) is 0 Å². The van der Waals surface area contributed by atoms with Crippen LogP contribution in [0.3, 0.4) is 0 Å². The van der Waals surface area contributed by atoms with E-state index in [2.05, 4.69) is 0 Å². The van der Waals surface area contributed by atoms with E-state index >= 15 is 0 Å². The van der Waals surface area contributed by atoms with Gasteiger partial charge in [0.05, 0.1) is 0 Å². The third-order valence-corrected chi connectivity index (χ3v) is 2.97. The van der Waals surface area contributed by atoms with E-state index in [9.17, 15) is 14.7 Å². The van der Waals surface area contributed by atoms with E-state index in [1.54, 1.807) is 25.7 Å². The Labute approximate surface area is 96.6 Å². The second kappa shape index (κ2) is 4.44. The Balaban J connectivity index is 2.85. The maximum Gasteiger partial charge on any atom is 0.316 e. The van der Waals surface area contributed by atoms with Gasteiger partial charge in [-0.25, -0.2) is 0 Å². The molecule has 1 fully saturated rings. The summed E-state index contributed by atoms with van der Waals surface area (Å²) >= 11 is 0. The smallest absolute Gasteiger partial charge is 0.316 e. The molecule has 0 aliphatic heterocycles. The highest BCUT2D eigenvalue weighted by Gasteiger charge is 2.43. The summed E-state index contributed by atoms with van der Waals surface area (Å²) in [5.41, 5.74) is -0.536. The van der Waals surface area contributed by atoms with E-state index in [-0.39, 0.29) is 11.9 Å². The zero-order chi connectivity index (χ0) is 12.5. The molecule has 4 heteroatoms. The predicted molar refractivity (Wildman–Crippen MR) is 61.0 cm³/mol. The van der Waals surface area contributed by atoms with Crippen LogP contribution in [0.4, 0.5) is 0 Å². The molecule has 1 N–H and O–H groups in total. The fourth-order valence-electron chi connectivity index (χ4n) is 1.99. The van der Waals surface area contributed by atoms with E-state index in [1.165, 1.54) is 0 Å². The molecule has 0 aromatic carbocycles. The highest BCUT2D eigenvalue weighted by Crippen LogP contribution is 2.33. The van der Waals surface area contributed by atoms with Crippen molar-refractivity contribution < 1.29 is 14.7 Å². The molecular weight excluding hydrogens is 206 g/mol. The summed E-state index contributed by atoms with van der Waals surface area (Å²) in [6.45, 7) is 7.89. The Hall–Kier alpha value is -1.06. The molecule has 1 rings (SSSR count). The lowest BCUT2D eigenvalue weighted by Gasteiger charge is -2.31. The first-order valence-corrected chi connectivity index (χ1v) is 5.82. The minimum Gasteiger partial charge on any atom is -0.481 e. The number of hydrogen-bond acceptors (Lipinski definition) is 2. The number of hydrogen-bond donors (Lipinski definition) is 1. The van der Waals surface area contributed by atoms with Crippen LogP contribution in [0.5, 0.6) is 0 Å². The lowest BCUT2D eigenvalue weighted by Crippen LogP contribution is -2.46. The number of amides is 1. The fraction of sp³-hybridized carbons (Fsp3) is 0.833. The second-order valence-corrected chi connectivity index (χ2v) is 5.49. The SMILES string of the molecule is CCN(C(=O)C(C(=O)O)C(C)(C)C)C1CC1. The van der Waals surface area contributed by atoms with Crippen molar-refractivity contribution in [3.8, 4) is 0 Å². The van der Waals surface area contributed by atoms with E-state index in [0.717, 1.165) is 12.8 Å². The van der Waals surface area contributed by atoms with Gasteiger partial charge in [0.2, 0.25) is 5.91 Å². The first kappa shape index (κ1) is 13.0. The van der Waals surface area contributed by atoms with Gasteiger partial charge in [-0.1, -0.05) is 20.8 Å². The molecule has 1 aliphatic rings. The van der Waals surface area contributed by atoms with Crippen LogP contribution < -0.4 is 0 Å². The van der Waals surface area contributed by atoms with Gasteiger partial charge in [-0.15, -0.1) is 0 Å². The van der Waals surface area contributed by atoms with Gasteiger partial charge in [0.1, 0.15) is 5.92 Å². The Morgan fingerprint density at radius 2 is 1.88 bits per heavy atom. The van der Waals surface area contributed by atoms with Gasteiger partial charge in [-0.2, -0.15) is 0 Å². The molecule has 1 aliphatic carbocycles. The van der Waals surface area contributed by atoms with Gasteiger partial charge in [0, 0.05) is 12.6 Å². The van der Waals surface area contributed by atoms with Crippen LogP contribution in [-0.2, 0) is 9.59 Å². The van der Waals surface area contributed by atoms with Crippen molar-refractivity contribution in [3.05, 3.63) is 0 Å². The van der Waals surface area contributed by atoms with Gasteiger partial charge >= 0.3 is 5.97 Å². The summed E-state index contributed by atoms with van der Waals surface area (Å²) in [6, 6.07) is 0.279. The predicted octanol–water partition coefficient (Wildman–Crippen LogP) is 1.74. The topological polar surface area (TPSA) is 57.6 Å². The molecule has 0 aromatic heterocycles. The molecule has 4 nitrogen and oxygen atoms in total. The van der Waals surface area contributed by atoms with Crippen LogP contribution in [0.1, 0.15) is 40.5 Å². The van der Waals surface area contributed by atoms with Crippen molar-refractivity contribution in [2.24, 2.45) is 11.3 Å². The van der Waals surface area contributed by atoms with Crippen molar-refractivity contribution >= 4 is 11.9 Å². The summed E-state index contributed by atoms with van der Waals surface area (Å²) in [7, 11) is 0. The molecule has 0 bridgehead atoms. The van der Waals surface area contributed by atoms with Crippen molar-refractivity contribution in [3.63, 3.8) is 0 Å². The molecule has 0 heterocycles. The minimum atomic E-state index is -1.02. The quantitative estimate of drug-likeness (QED) is 0.744. The third kappa shape index (κ3) is 2.74. The van der Waals surface area contributed by atoms with Gasteiger partial charge in [0.15, 0.2) is 0 Å². The first-order chi connectivity index (χ1) is 7.29. The van der Waals surface area contributed by atoms with Crippen LogP contribution in [0.25, 0.3) is 0 Å². The van der Waals surface area contributed by atoms with Crippen LogP contribution in [-0.4, -0.2) is 34.5 Å². The molecule has 0 radical (unpaired) electrons. The van der Waals surface area contributed by atoms with Crippen LogP contribution in [0.2, 0.25) is 0 Å². The van der Waals surface area contributed by atoms with Crippen molar-refractivity contribution in [2.75, 3.05) is 6.54 Å². The first-order valence-electron chi connectivity index (χ1n) is 5.82. The standard InChI is InChI=1S/C12H21NO3/c1-5-13(8-6-7-8)10(14)9(11(15)16)12(2,3)4/h8-9H,5-7H2,1-4H3,(H,15,16). The molecule has 1 atom stereocenters. The number of carbonyl (C=O) groups is 2. The molecule has 1 saturated carbocycles. The zero-order valence-corrected chi connectivity index (χ0v) is 10.5. The summed E-state index contributed by atoms with van der Waals surface area (Å²) in [6.07, 6.45) is 2.02. The molecule has 1 amide bonds. The summed E-state index contributed by atoms with van der Waals surface area (Å²) in [5, 5.41) is 9.18. The molecule has 0 saturated heterocycles. The van der Waals surface area contributed by atoms with Gasteiger partial charge < -0.3 is 10.0 Å². The maximum atomic E-state index is 12.2. The maximum absolute atomic E-state index is 12.2. The molecule has 16 heavy (non-hydrogen) atoms. The lowest BCUT2D eigenvalue weighted by molar-refractivity contribution is -0.156. The highest BCUT2D eigenvalue weighted by molar-refractivity contribution is 5.98. The van der Waals surface area contributed by atoms with Crippen LogP contribution in [0, 0.1) is 11.3 Å². The van der Waals surface area contributed by atoms with Gasteiger partial charge in [-0.05, 0) is 25.2 Å². The summed E-state index contributed by atoms with van der Waals surface area (Å²) in [5.74, 6) is -2.19. The van der Waals surface area contributed by atoms with E-state index in [0.29, 0.717) is 6.54 Å². The Morgan fingerprint density at radius 1 is 1.38 bits per heavy atom. The second-order valence-electron chi connectivity index (χ2n) is 5.49. The number of aliphatic carboxylic acids is 1. The van der Waals surface area contributed by atoms with E-state index < -0.39 is 17.3 Å². The number of rotatable bonds is 4. The van der Waals surface area contributed by atoms with Crippen molar-refractivity contribution in [1.82, 2.24) is 4.90 Å². The zero-order valence-electron chi connectivity index (χ0n) is 10.5. The molecule has 1 unspecified atom stereocenters. The summed E-state index contributed by atoms with van der Waals surface area (Å²) < 4.78 is 0. The monoisotopic (exact) mass is 227 g/mol. The molecule has 92 valence electrons. The fourth-order valence-corrected chi connectivity index (χ4v) is 1.99. The lowest BCUT2D eigenvalue weighted by atomic mass is 9.80. The Bertz CT molecular complexity index is 289. The normalized spacial score (nSPS) is 18.0. The number of carboxylic acids is 1. The molecule has 0 spiro atoms. The van der Waals surface area contributed by atoms with E-state index in [4.69, 9.17) is 0 Å². The van der Waals surface area contributed by atoms with E-state index in [1.807, 2.05) is 6.92 Å². The average Bonchev–Trinajstić information content (AvgIpc) is 2.85. The number of carbonyl (C=O) groups excluding carboxylic acids is 1. The summed E-state index contributed by atoms with van der Waals surface area (Å²) in [4.78, 5) is 25.1. The average molecular weight is 227 g/mol. The van der Waals surface area contributed by atoms with Crippen molar-refractivity contribution in [1.29, 1.82) is 0 Å². The molecule has 0 aromatic rings. The minimum absolute atomic E-state index is 0.231. The number of nitrogens with zero attached hydrogens (tertiary/aromatic N) is 1. The third-order valence-electron chi connectivity index (χ3n) is 2.97.